The van der Waals surface area contributed by atoms with Gasteiger partial charge in [-0.05, 0) is 61.1 Å². The summed E-state index contributed by atoms with van der Waals surface area (Å²) in [6.45, 7) is 1.98. The van der Waals surface area contributed by atoms with Crippen molar-refractivity contribution in [1.82, 2.24) is 0 Å². The first-order valence-corrected chi connectivity index (χ1v) is 7.92. The van der Waals surface area contributed by atoms with E-state index in [9.17, 15) is 8.42 Å². The van der Waals surface area contributed by atoms with E-state index in [1.54, 1.807) is 0 Å². The predicted octanol–water partition coefficient (Wildman–Crippen LogP) is 3.05. The number of hydrogen-bond donors (Lipinski definition) is 3. The van der Waals surface area contributed by atoms with Gasteiger partial charge in [0.2, 0.25) is 0 Å². The van der Waals surface area contributed by atoms with Gasteiger partial charge in [-0.3, -0.25) is 4.55 Å². The van der Waals surface area contributed by atoms with Crippen molar-refractivity contribution in [2.75, 3.05) is 10.6 Å². The Morgan fingerprint density at radius 3 is 2.24 bits per heavy atom. The van der Waals surface area contributed by atoms with Gasteiger partial charge in [-0.2, -0.15) is 8.42 Å². The average molecular weight is 322 g/mol. The van der Waals surface area contributed by atoms with E-state index in [1.165, 1.54) is 24.3 Å². The topological polar surface area (TPSA) is 78.4 Å². The molecule has 0 fully saturated rings. The van der Waals surface area contributed by atoms with E-state index < -0.39 is 10.1 Å². The smallest absolute Gasteiger partial charge is 0.294 e. The lowest BCUT2D eigenvalue weighted by atomic mass is 10.2. The highest BCUT2D eigenvalue weighted by Gasteiger charge is 2.08. The van der Waals surface area contributed by atoms with Crippen molar-refractivity contribution in [3.05, 3.63) is 54.1 Å². The van der Waals surface area contributed by atoms with E-state index >= 15 is 0 Å². The van der Waals surface area contributed by atoms with Crippen LogP contribution < -0.4 is 10.6 Å². The Morgan fingerprint density at radius 2 is 1.67 bits per heavy atom. The maximum atomic E-state index is 10.9. The average Bonchev–Trinajstić information content (AvgIpc) is 2.38. The Bertz CT molecular complexity index is 756. The van der Waals surface area contributed by atoms with Gasteiger partial charge < -0.3 is 10.6 Å². The highest BCUT2D eigenvalue weighted by atomic mass is 32.2. The summed E-state index contributed by atoms with van der Waals surface area (Å²) in [6.07, 6.45) is 0. The third-order valence-electron chi connectivity index (χ3n) is 2.69. The van der Waals surface area contributed by atoms with Gasteiger partial charge in [-0.1, -0.05) is 12.1 Å². The second-order valence-electron chi connectivity index (χ2n) is 4.45. The summed E-state index contributed by atoms with van der Waals surface area (Å²) in [4.78, 5) is -0.161. The van der Waals surface area contributed by atoms with Crippen molar-refractivity contribution in [3.8, 4) is 0 Å². The quantitative estimate of drug-likeness (QED) is 0.595. The summed E-state index contributed by atoms with van der Waals surface area (Å²) in [5.41, 5.74) is 2.59. The van der Waals surface area contributed by atoms with Gasteiger partial charge in [-0.15, -0.1) is 0 Å². The predicted molar refractivity (Wildman–Crippen MR) is 87.3 cm³/mol. The van der Waals surface area contributed by atoms with Crippen molar-refractivity contribution >= 4 is 38.8 Å². The molecule has 0 spiro atoms. The number of benzene rings is 2. The van der Waals surface area contributed by atoms with Crippen LogP contribution in [0.2, 0.25) is 0 Å². The zero-order valence-electron chi connectivity index (χ0n) is 11.2. The van der Waals surface area contributed by atoms with Crippen molar-refractivity contribution in [3.63, 3.8) is 0 Å². The number of anilines is 2. The van der Waals surface area contributed by atoms with Crippen LogP contribution in [0.1, 0.15) is 5.56 Å². The van der Waals surface area contributed by atoms with Gasteiger partial charge in [0, 0.05) is 11.4 Å². The molecule has 0 radical (unpaired) electrons. The molecular formula is C14H14N2O3S2. The first-order chi connectivity index (χ1) is 9.84. The van der Waals surface area contributed by atoms with Crippen molar-refractivity contribution in [1.29, 1.82) is 0 Å². The highest BCUT2D eigenvalue weighted by molar-refractivity contribution is 7.85. The maximum absolute atomic E-state index is 10.9. The number of hydrogen-bond acceptors (Lipinski definition) is 3. The Hall–Kier alpha value is -1.96. The van der Waals surface area contributed by atoms with E-state index in [1.807, 2.05) is 31.2 Å². The van der Waals surface area contributed by atoms with Crippen LogP contribution in [-0.4, -0.2) is 18.1 Å². The molecule has 5 nitrogen and oxygen atoms in total. The fourth-order valence-corrected chi connectivity index (χ4v) is 2.44. The molecule has 110 valence electrons. The monoisotopic (exact) mass is 322 g/mol. The minimum atomic E-state index is -4.18. The number of aryl methyl sites for hydroxylation is 1. The van der Waals surface area contributed by atoms with Gasteiger partial charge in [0.15, 0.2) is 5.11 Å². The van der Waals surface area contributed by atoms with Crippen molar-refractivity contribution in [2.45, 2.75) is 11.8 Å². The van der Waals surface area contributed by atoms with Gasteiger partial charge in [-0.25, -0.2) is 0 Å². The molecule has 2 aromatic carbocycles. The van der Waals surface area contributed by atoms with Crippen LogP contribution in [0.3, 0.4) is 0 Å². The Labute approximate surface area is 128 Å². The molecule has 0 amide bonds. The van der Waals surface area contributed by atoms with Gasteiger partial charge in [0.1, 0.15) is 0 Å². The SMILES string of the molecule is Cc1cccc(NC(=S)Nc2ccc(S(=O)(=O)O)cc2)c1. The molecule has 0 heterocycles. The van der Waals surface area contributed by atoms with Crippen LogP contribution >= 0.6 is 12.2 Å². The number of nitrogens with one attached hydrogen (secondary N) is 2. The van der Waals surface area contributed by atoms with Crippen LogP contribution in [0, 0.1) is 6.92 Å². The minimum Gasteiger partial charge on any atom is -0.332 e. The van der Waals surface area contributed by atoms with Crippen molar-refractivity contribution < 1.29 is 13.0 Å². The van der Waals surface area contributed by atoms with Gasteiger partial charge in [0.25, 0.3) is 10.1 Å². The molecule has 2 aromatic rings. The molecule has 0 atom stereocenters. The minimum absolute atomic E-state index is 0.161. The first-order valence-electron chi connectivity index (χ1n) is 6.07. The molecule has 3 N–H and O–H groups in total. The summed E-state index contributed by atoms with van der Waals surface area (Å²) < 4.78 is 30.8. The molecule has 7 heteroatoms. The lowest BCUT2D eigenvalue weighted by molar-refractivity contribution is 0.483. The van der Waals surface area contributed by atoms with E-state index in [0.29, 0.717) is 10.8 Å². The van der Waals surface area contributed by atoms with E-state index in [-0.39, 0.29) is 4.90 Å². The highest BCUT2D eigenvalue weighted by Crippen LogP contribution is 2.15. The van der Waals surface area contributed by atoms with Crippen LogP contribution in [0.4, 0.5) is 11.4 Å². The summed E-state index contributed by atoms with van der Waals surface area (Å²) in [6, 6.07) is 13.4. The first kappa shape index (κ1) is 15.4. The second kappa shape index (κ2) is 6.21. The lowest BCUT2D eigenvalue weighted by Crippen LogP contribution is -2.19. The van der Waals surface area contributed by atoms with E-state index in [2.05, 4.69) is 10.6 Å². The molecule has 0 bridgehead atoms. The molecule has 0 aliphatic carbocycles. The van der Waals surface area contributed by atoms with Crippen molar-refractivity contribution in [2.24, 2.45) is 0 Å². The lowest BCUT2D eigenvalue weighted by Gasteiger charge is -2.11. The number of rotatable bonds is 3. The zero-order valence-corrected chi connectivity index (χ0v) is 12.8. The van der Waals surface area contributed by atoms with E-state index in [0.717, 1.165) is 11.3 Å². The molecule has 0 saturated carbocycles. The third-order valence-corrected chi connectivity index (χ3v) is 3.76. The molecule has 0 aliphatic rings. The molecular weight excluding hydrogens is 308 g/mol. The summed E-state index contributed by atoms with van der Waals surface area (Å²) >= 11 is 5.18. The maximum Gasteiger partial charge on any atom is 0.294 e. The van der Waals surface area contributed by atoms with Crippen LogP contribution in [0.5, 0.6) is 0 Å². The normalized spacial score (nSPS) is 11.0. The molecule has 0 aromatic heterocycles. The summed E-state index contributed by atoms with van der Waals surface area (Å²) in [5, 5.41) is 6.35. The molecule has 0 aliphatic heterocycles. The largest absolute Gasteiger partial charge is 0.332 e. The third kappa shape index (κ3) is 4.52. The zero-order chi connectivity index (χ0) is 15.5. The molecule has 0 saturated heterocycles. The molecule has 2 rings (SSSR count). The van der Waals surface area contributed by atoms with Crippen LogP contribution in [0.25, 0.3) is 0 Å². The standard InChI is InChI=1S/C14H14N2O3S2/c1-10-3-2-4-12(9-10)16-14(20)15-11-5-7-13(8-6-11)21(17,18)19/h2-9H,1H3,(H2,15,16,20)(H,17,18,19). The van der Waals surface area contributed by atoms with E-state index in [4.69, 9.17) is 16.8 Å². The Balaban J connectivity index is 2.03. The summed E-state index contributed by atoms with van der Waals surface area (Å²) in [5.74, 6) is 0. The van der Waals surface area contributed by atoms with Crippen LogP contribution in [-0.2, 0) is 10.1 Å². The summed E-state index contributed by atoms with van der Waals surface area (Å²) in [7, 11) is -4.18. The van der Waals surface area contributed by atoms with Gasteiger partial charge in [0.05, 0.1) is 4.90 Å². The Morgan fingerprint density at radius 1 is 1.05 bits per heavy atom. The van der Waals surface area contributed by atoms with Gasteiger partial charge >= 0.3 is 0 Å². The fraction of sp³-hybridized carbons (Fsp3) is 0.0714. The Kier molecular flexibility index (Phi) is 4.56. The molecule has 21 heavy (non-hydrogen) atoms. The molecule has 0 unspecified atom stereocenters. The second-order valence-corrected chi connectivity index (χ2v) is 6.28. The fourth-order valence-electron chi connectivity index (χ4n) is 1.73. The number of thiocarbonyl (C=S) groups is 1. The van der Waals surface area contributed by atoms with Crippen LogP contribution in [0.15, 0.2) is 53.4 Å².